The topological polar surface area (TPSA) is 80.6 Å². The Labute approximate surface area is 148 Å². The molecule has 1 spiro atoms. The molecule has 0 aliphatic heterocycles. The largest absolute Gasteiger partial charge is 0.459 e. The van der Waals surface area contributed by atoms with E-state index in [0.29, 0.717) is 31.3 Å². The minimum absolute atomic E-state index is 0.0680. The fraction of sp³-hybridized carbons (Fsp3) is 0.684. The third kappa shape index (κ3) is 3.89. The van der Waals surface area contributed by atoms with Gasteiger partial charge in [0, 0.05) is 31.0 Å². The van der Waals surface area contributed by atoms with Gasteiger partial charge in [0.15, 0.2) is 5.76 Å². The van der Waals surface area contributed by atoms with Crippen LogP contribution in [0.15, 0.2) is 22.8 Å². The molecule has 2 atom stereocenters. The fourth-order valence-corrected chi connectivity index (χ4v) is 4.30. The molecule has 0 bridgehead atoms. The monoisotopic (exact) mass is 348 g/mol. The fourth-order valence-electron chi connectivity index (χ4n) is 4.30. The highest BCUT2D eigenvalue weighted by atomic mass is 16.5. The Kier molecular flexibility index (Phi) is 5.78. The molecule has 2 aliphatic carbocycles. The molecule has 1 aromatic rings. The predicted octanol–water partition coefficient (Wildman–Crippen LogP) is 2.64. The van der Waals surface area contributed by atoms with E-state index >= 15 is 0 Å². The van der Waals surface area contributed by atoms with Gasteiger partial charge in [-0.1, -0.05) is 12.8 Å². The summed E-state index contributed by atoms with van der Waals surface area (Å²) in [5.41, 5.74) is 0.166. The van der Waals surface area contributed by atoms with Crippen molar-refractivity contribution in [2.75, 3.05) is 13.2 Å². The summed E-state index contributed by atoms with van der Waals surface area (Å²) in [6, 6.07) is 3.54. The molecule has 3 rings (SSSR count). The van der Waals surface area contributed by atoms with E-state index in [1.807, 2.05) is 6.92 Å². The van der Waals surface area contributed by atoms with Crippen molar-refractivity contribution in [2.24, 2.45) is 5.41 Å². The van der Waals surface area contributed by atoms with Crippen molar-refractivity contribution >= 4 is 11.8 Å². The second-order valence-electron chi connectivity index (χ2n) is 7.08. The first-order valence-electron chi connectivity index (χ1n) is 9.38. The van der Waals surface area contributed by atoms with Gasteiger partial charge in [-0.3, -0.25) is 9.59 Å². The van der Waals surface area contributed by atoms with Crippen LogP contribution in [0.3, 0.4) is 0 Å². The quantitative estimate of drug-likeness (QED) is 0.708. The van der Waals surface area contributed by atoms with Crippen molar-refractivity contribution < 1.29 is 18.7 Å². The molecule has 2 amide bonds. The van der Waals surface area contributed by atoms with Gasteiger partial charge < -0.3 is 19.8 Å². The zero-order valence-electron chi connectivity index (χ0n) is 14.9. The van der Waals surface area contributed by atoms with Crippen molar-refractivity contribution in [3.63, 3.8) is 0 Å². The summed E-state index contributed by atoms with van der Waals surface area (Å²) in [7, 11) is 0. The average molecular weight is 348 g/mol. The highest BCUT2D eigenvalue weighted by Gasteiger charge is 2.57. The molecule has 2 saturated carbocycles. The molecule has 0 radical (unpaired) electrons. The van der Waals surface area contributed by atoms with Crippen molar-refractivity contribution in [2.45, 2.75) is 64.0 Å². The van der Waals surface area contributed by atoms with Crippen molar-refractivity contribution in [1.29, 1.82) is 0 Å². The Balaban J connectivity index is 1.37. The number of carbonyl (C=O) groups is 2. The molecular formula is C19H28N2O4. The van der Waals surface area contributed by atoms with Crippen LogP contribution < -0.4 is 10.6 Å². The molecule has 0 saturated heterocycles. The maximum absolute atomic E-state index is 12.2. The minimum Gasteiger partial charge on any atom is -0.459 e. The molecule has 25 heavy (non-hydrogen) atoms. The molecule has 2 fully saturated rings. The summed E-state index contributed by atoms with van der Waals surface area (Å²) in [4.78, 5) is 24.0. The van der Waals surface area contributed by atoms with Gasteiger partial charge in [-0.25, -0.2) is 0 Å². The van der Waals surface area contributed by atoms with E-state index in [-0.39, 0.29) is 23.3 Å². The Morgan fingerprint density at radius 1 is 1.36 bits per heavy atom. The second kappa shape index (κ2) is 8.04. The van der Waals surface area contributed by atoms with Crippen LogP contribution in [0.1, 0.15) is 62.4 Å². The number of rotatable bonds is 8. The Morgan fingerprint density at radius 3 is 2.84 bits per heavy atom. The van der Waals surface area contributed by atoms with Gasteiger partial charge >= 0.3 is 0 Å². The summed E-state index contributed by atoms with van der Waals surface area (Å²) < 4.78 is 10.9. The van der Waals surface area contributed by atoms with E-state index in [0.717, 1.165) is 25.9 Å². The first kappa shape index (κ1) is 18.0. The lowest BCUT2D eigenvalue weighted by Gasteiger charge is -2.54. The first-order chi connectivity index (χ1) is 12.2. The highest BCUT2D eigenvalue weighted by molar-refractivity contribution is 5.91. The number of nitrogens with one attached hydrogen (secondary N) is 2. The van der Waals surface area contributed by atoms with Crippen LogP contribution in [0.5, 0.6) is 0 Å². The summed E-state index contributed by atoms with van der Waals surface area (Å²) in [5.74, 6) is 0.122. The van der Waals surface area contributed by atoms with E-state index in [4.69, 9.17) is 9.15 Å². The zero-order valence-corrected chi connectivity index (χ0v) is 14.9. The molecule has 6 heteroatoms. The number of ether oxygens (including phenoxy) is 1. The number of furan rings is 1. The van der Waals surface area contributed by atoms with Crippen LogP contribution in [-0.2, 0) is 9.53 Å². The first-order valence-corrected chi connectivity index (χ1v) is 9.38. The summed E-state index contributed by atoms with van der Waals surface area (Å²) in [6.07, 6.45) is 8.51. The minimum atomic E-state index is -0.242. The van der Waals surface area contributed by atoms with Crippen LogP contribution in [0.4, 0.5) is 0 Å². The number of amides is 2. The zero-order chi connectivity index (χ0) is 17.7. The number of hydrogen-bond acceptors (Lipinski definition) is 4. The Hall–Kier alpha value is -1.82. The van der Waals surface area contributed by atoms with Gasteiger partial charge in [0.05, 0.1) is 12.4 Å². The SMILES string of the molecule is CCO[C@@H]1C[C@@H](NC(=O)CCCNC(=O)c2ccco2)C12CCCC2. The van der Waals surface area contributed by atoms with E-state index in [9.17, 15) is 9.59 Å². The second-order valence-corrected chi connectivity index (χ2v) is 7.08. The van der Waals surface area contributed by atoms with Gasteiger partial charge in [-0.05, 0) is 44.7 Å². The Bertz CT molecular complexity index is 578. The molecule has 2 aliphatic rings. The van der Waals surface area contributed by atoms with Gasteiger partial charge in [-0.2, -0.15) is 0 Å². The molecule has 1 aromatic heterocycles. The third-order valence-corrected chi connectivity index (χ3v) is 5.63. The smallest absolute Gasteiger partial charge is 0.286 e. The van der Waals surface area contributed by atoms with Crippen LogP contribution in [0.2, 0.25) is 0 Å². The lowest BCUT2D eigenvalue weighted by Crippen LogP contribution is -2.63. The van der Waals surface area contributed by atoms with Crippen molar-refractivity contribution in [3.8, 4) is 0 Å². The maximum atomic E-state index is 12.2. The van der Waals surface area contributed by atoms with E-state index in [1.54, 1.807) is 12.1 Å². The van der Waals surface area contributed by atoms with Gasteiger partial charge in [0.1, 0.15) is 0 Å². The van der Waals surface area contributed by atoms with Gasteiger partial charge in [0.25, 0.3) is 5.91 Å². The lowest BCUT2D eigenvalue weighted by atomic mass is 9.60. The Morgan fingerprint density at radius 2 is 2.16 bits per heavy atom. The predicted molar refractivity (Wildman–Crippen MR) is 93.1 cm³/mol. The molecule has 6 nitrogen and oxygen atoms in total. The van der Waals surface area contributed by atoms with Gasteiger partial charge in [0.2, 0.25) is 5.91 Å². The van der Waals surface area contributed by atoms with E-state index in [1.165, 1.54) is 19.1 Å². The summed E-state index contributed by atoms with van der Waals surface area (Å²) in [5, 5.41) is 5.96. The molecule has 0 aromatic carbocycles. The standard InChI is InChI=1S/C19H28N2O4/c1-2-24-16-13-15(19(16)9-3-4-10-19)21-17(22)8-5-11-20-18(23)14-7-6-12-25-14/h6-7,12,15-16H,2-5,8-11,13H2,1H3,(H,20,23)(H,21,22)/t15-,16-/m1/s1. The van der Waals surface area contributed by atoms with Gasteiger partial charge in [-0.15, -0.1) is 0 Å². The van der Waals surface area contributed by atoms with Crippen LogP contribution in [-0.4, -0.2) is 37.1 Å². The normalized spacial score (nSPS) is 24.0. The number of hydrogen-bond donors (Lipinski definition) is 2. The van der Waals surface area contributed by atoms with Crippen LogP contribution >= 0.6 is 0 Å². The molecule has 0 unspecified atom stereocenters. The molecule has 1 heterocycles. The lowest BCUT2D eigenvalue weighted by molar-refractivity contribution is -0.144. The maximum Gasteiger partial charge on any atom is 0.286 e. The third-order valence-electron chi connectivity index (χ3n) is 5.63. The van der Waals surface area contributed by atoms with Crippen molar-refractivity contribution in [3.05, 3.63) is 24.2 Å². The highest BCUT2D eigenvalue weighted by Crippen LogP contribution is 2.54. The van der Waals surface area contributed by atoms with Crippen molar-refractivity contribution in [1.82, 2.24) is 10.6 Å². The van der Waals surface area contributed by atoms with Crippen LogP contribution in [0, 0.1) is 5.41 Å². The average Bonchev–Trinajstić information content (AvgIpc) is 3.30. The summed E-state index contributed by atoms with van der Waals surface area (Å²) >= 11 is 0. The molecule has 2 N–H and O–H groups in total. The summed E-state index contributed by atoms with van der Waals surface area (Å²) in [6.45, 7) is 3.23. The number of carbonyl (C=O) groups excluding carboxylic acids is 2. The molecular weight excluding hydrogens is 320 g/mol. The van der Waals surface area contributed by atoms with E-state index < -0.39 is 0 Å². The van der Waals surface area contributed by atoms with E-state index in [2.05, 4.69) is 10.6 Å². The molecule has 138 valence electrons. The van der Waals surface area contributed by atoms with Crippen LogP contribution in [0.25, 0.3) is 0 Å².